The van der Waals surface area contributed by atoms with E-state index in [0.29, 0.717) is 6.04 Å². The van der Waals surface area contributed by atoms with E-state index in [4.69, 9.17) is 0 Å². The van der Waals surface area contributed by atoms with Crippen LogP contribution in [0.5, 0.6) is 0 Å². The second kappa shape index (κ2) is 10.2. The largest absolute Gasteiger partial charge is 0.356 e. The van der Waals surface area contributed by atoms with Crippen molar-refractivity contribution in [3.05, 3.63) is 35.9 Å². The molecule has 4 nitrogen and oxygen atoms in total. The molecular weight excluding hydrogens is 272 g/mol. The van der Waals surface area contributed by atoms with Crippen LogP contribution in [0, 0.1) is 0 Å². The predicted octanol–water partition coefficient (Wildman–Crippen LogP) is 3.03. The van der Waals surface area contributed by atoms with Gasteiger partial charge in [-0.3, -0.25) is 4.99 Å². The first-order chi connectivity index (χ1) is 10.5. The molecule has 0 aliphatic rings. The molecule has 1 rings (SSSR count). The lowest BCUT2D eigenvalue weighted by Crippen LogP contribution is -2.39. The fourth-order valence-corrected chi connectivity index (χ4v) is 2.18. The number of rotatable bonds is 8. The lowest BCUT2D eigenvalue weighted by molar-refractivity contribution is 0.268. The lowest BCUT2D eigenvalue weighted by atomic mass is 10.1. The van der Waals surface area contributed by atoms with Crippen molar-refractivity contribution in [1.29, 1.82) is 0 Å². The van der Waals surface area contributed by atoms with Gasteiger partial charge in [0.1, 0.15) is 0 Å². The van der Waals surface area contributed by atoms with Gasteiger partial charge >= 0.3 is 0 Å². The minimum atomic E-state index is 0.250. The van der Waals surface area contributed by atoms with Crippen LogP contribution in [0.25, 0.3) is 0 Å². The van der Waals surface area contributed by atoms with Gasteiger partial charge in [-0.15, -0.1) is 0 Å². The monoisotopic (exact) mass is 304 g/mol. The van der Waals surface area contributed by atoms with Crippen LogP contribution >= 0.6 is 0 Å². The summed E-state index contributed by atoms with van der Waals surface area (Å²) in [7, 11) is 4.00. The number of unbranched alkanes of at least 4 members (excludes halogenated alkanes) is 1. The Balaban J connectivity index is 2.26. The summed E-state index contributed by atoms with van der Waals surface area (Å²) in [6, 6.07) is 11.3. The van der Waals surface area contributed by atoms with Crippen LogP contribution in [0.15, 0.2) is 35.3 Å². The highest BCUT2D eigenvalue weighted by molar-refractivity contribution is 5.80. The molecule has 0 saturated carbocycles. The first kappa shape index (κ1) is 18.5. The van der Waals surface area contributed by atoms with Crippen molar-refractivity contribution < 1.29 is 0 Å². The zero-order chi connectivity index (χ0) is 16.4. The maximum absolute atomic E-state index is 4.30. The van der Waals surface area contributed by atoms with Crippen LogP contribution in [0.1, 0.15) is 45.2 Å². The average molecular weight is 304 g/mol. The number of hydrogen-bond donors (Lipinski definition) is 2. The quantitative estimate of drug-likeness (QED) is 0.440. The average Bonchev–Trinajstić information content (AvgIpc) is 2.53. The van der Waals surface area contributed by atoms with Crippen LogP contribution < -0.4 is 10.6 Å². The van der Waals surface area contributed by atoms with Crippen molar-refractivity contribution in [2.45, 2.75) is 45.7 Å². The number of benzene rings is 1. The first-order valence-corrected chi connectivity index (χ1v) is 8.27. The molecule has 4 heteroatoms. The van der Waals surface area contributed by atoms with Gasteiger partial charge in [0, 0.05) is 19.6 Å². The number of nitrogens with zero attached hydrogens (tertiary/aromatic N) is 2. The van der Waals surface area contributed by atoms with Crippen molar-refractivity contribution in [3.8, 4) is 0 Å². The standard InChI is InChI=1S/C18H32N4/c1-15(2)22(5)14-10-9-13-20-18(19-4)21-16(3)17-11-7-6-8-12-17/h6-8,11-12,15-16H,9-10,13-14H2,1-5H3,(H2,19,20,21). The molecule has 0 aromatic heterocycles. The summed E-state index contributed by atoms with van der Waals surface area (Å²) in [4.78, 5) is 6.68. The summed E-state index contributed by atoms with van der Waals surface area (Å²) < 4.78 is 0. The number of hydrogen-bond acceptors (Lipinski definition) is 2. The van der Waals surface area contributed by atoms with Crippen LogP contribution in [0.3, 0.4) is 0 Å². The van der Waals surface area contributed by atoms with Gasteiger partial charge < -0.3 is 15.5 Å². The normalized spacial score (nSPS) is 13.5. The maximum atomic E-state index is 4.30. The van der Waals surface area contributed by atoms with E-state index in [9.17, 15) is 0 Å². The van der Waals surface area contributed by atoms with E-state index in [0.717, 1.165) is 25.5 Å². The van der Waals surface area contributed by atoms with Crippen LogP contribution in [-0.4, -0.2) is 44.1 Å². The van der Waals surface area contributed by atoms with Crippen LogP contribution in [0.4, 0.5) is 0 Å². The lowest BCUT2D eigenvalue weighted by Gasteiger charge is -2.21. The Hall–Kier alpha value is -1.55. The molecule has 22 heavy (non-hydrogen) atoms. The minimum absolute atomic E-state index is 0.250. The third kappa shape index (κ3) is 6.94. The van der Waals surface area contributed by atoms with Crippen molar-refractivity contribution in [2.24, 2.45) is 4.99 Å². The molecule has 0 saturated heterocycles. The number of aliphatic imine (C=N–C) groups is 1. The molecule has 1 aromatic rings. The minimum Gasteiger partial charge on any atom is -0.356 e. The molecule has 0 aliphatic carbocycles. The van der Waals surface area contributed by atoms with E-state index in [1.54, 1.807) is 0 Å². The zero-order valence-corrected chi connectivity index (χ0v) is 14.8. The van der Waals surface area contributed by atoms with Gasteiger partial charge in [0.05, 0.1) is 6.04 Å². The highest BCUT2D eigenvalue weighted by Crippen LogP contribution is 2.10. The Morgan fingerprint density at radius 1 is 1.14 bits per heavy atom. The zero-order valence-electron chi connectivity index (χ0n) is 14.8. The van der Waals surface area contributed by atoms with E-state index in [1.807, 2.05) is 13.1 Å². The molecule has 0 spiro atoms. The van der Waals surface area contributed by atoms with E-state index in [-0.39, 0.29) is 6.04 Å². The van der Waals surface area contributed by atoms with E-state index >= 15 is 0 Å². The summed E-state index contributed by atoms with van der Waals surface area (Å²) >= 11 is 0. The SMILES string of the molecule is CN=C(NCCCCN(C)C(C)C)NC(C)c1ccccc1. The summed E-state index contributed by atoms with van der Waals surface area (Å²) in [6.07, 6.45) is 2.35. The van der Waals surface area contributed by atoms with Crippen LogP contribution in [0.2, 0.25) is 0 Å². The molecule has 0 fully saturated rings. The molecule has 0 heterocycles. The molecule has 1 atom stereocenters. The van der Waals surface area contributed by atoms with Gasteiger partial charge in [0.15, 0.2) is 5.96 Å². The molecule has 0 aliphatic heterocycles. The van der Waals surface area contributed by atoms with Crippen LogP contribution in [-0.2, 0) is 0 Å². The fraction of sp³-hybridized carbons (Fsp3) is 0.611. The van der Waals surface area contributed by atoms with Crippen molar-refractivity contribution in [1.82, 2.24) is 15.5 Å². The smallest absolute Gasteiger partial charge is 0.191 e. The molecular formula is C18H32N4. The van der Waals surface area contributed by atoms with Gasteiger partial charge in [0.2, 0.25) is 0 Å². The summed E-state index contributed by atoms with van der Waals surface area (Å²) in [6.45, 7) is 8.71. The number of nitrogens with one attached hydrogen (secondary N) is 2. The van der Waals surface area contributed by atoms with Gasteiger partial charge in [-0.1, -0.05) is 30.3 Å². The molecule has 0 amide bonds. The topological polar surface area (TPSA) is 39.7 Å². The third-order valence-electron chi connectivity index (χ3n) is 3.99. The molecule has 124 valence electrons. The Morgan fingerprint density at radius 3 is 2.41 bits per heavy atom. The van der Waals surface area contributed by atoms with Crippen molar-refractivity contribution in [3.63, 3.8) is 0 Å². The highest BCUT2D eigenvalue weighted by Gasteiger charge is 2.07. The van der Waals surface area contributed by atoms with Crippen molar-refractivity contribution >= 4 is 5.96 Å². The molecule has 1 aromatic carbocycles. The highest BCUT2D eigenvalue weighted by atomic mass is 15.2. The van der Waals surface area contributed by atoms with Gasteiger partial charge in [0.25, 0.3) is 0 Å². The van der Waals surface area contributed by atoms with Crippen molar-refractivity contribution in [2.75, 3.05) is 27.2 Å². The Kier molecular flexibility index (Phi) is 8.60. The second-order valence-corrected chi connectivity index (χ2v) is 6.06. The Labute approximate surface area is 136 Å². The molecule has 2 N–H and O–H groups in total. The molecule has 0 radical (unpaired) electrons. The Morgan fingerprint density at radius 2 is 1.82 bits per heavy atom. The van der Waals surface area contributed by atoms with Gasteiger partial charge in [-0.05, 0) is 52.8 Å². The Bertz CT molecular complexity index is 428. The van der Waals surface area contributed by atoms with E-state index < -0.39 is 0 Å². The molecule has 0 bridgehead atoms. The molecule has 1 unspecified atom stereocenters. The van der Waals surface area contributed by atoms with E-state index in [2.05, 4.69) is 72.6 Å². The second-order valence-electron chi connectivity index (χ2n) is 6.06. The predicted molar refractivity (Wildman–Crippen MR) is 96.4 cm³/mol. The fourth-order valence-electron chi connectivity index (χ4n) is 2.18. The third-order valence-corrected chi connectivity index (χ3v) is 3.99. The van der Waals surface area contributed by atoms with Gasteiger partial charge in [-0.25, -0.2) is 0 Å². The summed E-state index contributed by atoms with van der Waals surface area (Å²) in [5.74, 6) is 0.869. The van der Waals surface area contributed by atoms with E-state index in [1.165, 1.54) is 12.0 Å². The summed E-state index contributed by atoms with van der Waals surface area (Å²) in [5, 5.41) is 6.82. The maximum Gasteiger partial charge on any atom is 0.191 e. The summed E-state index contributed by atoms with van der Waals surface area (Å²) in [5.41, 5.74) is 1.27. The number of guanidine groups is 1. The first-order valence-electron chi connectivity index (χ1n) is 8.27. The van der Waals surface area contributed by atoms with Gasteiger partial charge in [-0.2, -0.15) is 0 Å².